The molecule has 0 saturated heterocycles. The van der Waals surface area contributed by atoms with E-state index < -0.39 is 17.7 Å². The fourth-order valence-corrected chi connectivity index (χ4v) is 11.1. The van der Waals surface area contributed by atoms with Crippen LogP contribution in [0.5, 0.6) is 0 Å². The molecule has 1 aromatic heterocycles. The van der Waals surface area contributed by atoms with Crippen LogP contribution in [0.4, 0.5) is 17.1 Å². The van der Waals surface area contributed by atoms with Gasteiger partial charge in [-0.15, -0.1) is 0 Å². The van der Waals surface area contributed by atoms with E-state index in [1.165, 1.54) is 11.1 Å². The van der Waals surface area contributed by atoms with Crippen LogP contribution in [-0.4, -0.2) is 0 Å². The second kappa shape index (κ2) is 15.2. The van der Waals surface area contributed by atoms with Gasteiger partial charge in [0.05, 0.1) is 12.3 Å². The van der Waals surface area contributed by atoms with Crippen molar-refractivity contribution in [3.8, 4) is 11.1 Å². The molecule has 2 unspecified atom stereocenters. The number of hydrogen-bond acceptors (Lipinski definition) is 2. The van der Waals surface area contributed by atoms with E-state index in [1.54, 1.807) is 12.2 Å². The number of furan rings is 1. The SMILES string of the molecule is [2H]C1=CC(c2c([2H])c([2H])c(N(c3ccc4c(c3)C(c3ccccc3)(c3ccccc3)c3ccccc3-4)c3ccc4oc5ccccc5c4c3)c([2H])c2[2H])C([2H])C=C1c1cc2c(c3c1C=CCC3)CCC=C2. The van der Waals surface area contributed by atoms with Crippen molar-refractivity contribution >= 4 is 56.7 Å². The summed E-state index contributed by atoms with van der Waals surface area (Å²) in [5, 5.41) is 1.77. The summed E-state index contributed by atoms with van der Waals surface area (Å²) in [5.74, 6) is -0.893. The molecule has 2 nitrogen and oxygen atoms in total. The van der Waals surface area contributed by atoms with Crippen LogP contribution in [0, 0.1) is 0 Å². The molecule has 0 bridgehead atoms. The summed E-state index contributed by atoms with van der Waals surface area (Å²) in [7, 11) is 0. The van der Waals surface area contributed by atoms with Crippen molar-refractivity contribution in [1.29, 1.82) is 0 Å². The third-order valence-corrected chi connectivity index (χ3v) is 14.0. The van der Waals surface area contributed by atoms with Crippen LogP contribution in [0.1, 0.15) is 89.0 Å². The first-order chi connectivity index (χ1) is 34.7. The molecule has 9 aromatic rings. The zero-order chi connectivity index (χ0) is 48.1. The maximum Gasteiger partial charge on any atom is 0.135 e. The quantitative estimate of drug-likeness (QED) is 0.159. The zero-order valence-electron chi connectivity index (χ0n) is 41.7. The Morgan fingerprint density at radius 1 is 0.569 bits per heavy atom. The fraction of sp³-hybridized carbons (Fsp3) is 0.111. The van der Waals surface area contributed by atoms with Gasteiger partial charge in [0, 0.05) is 35.1 Å². The molecule has 8 aromatic carbocycles. The molecule has 65 heavy (non-hydrogen) atoms. The van der Waals surface area contributed by atoms with Crippen LogP contribution in [0.3, 0.4) is 0 Å². The average Bonchev–Trinajstić information content (AvgIpc) is 3.94. The van der Waals surface area contributed by atoms with Gasteiger partial charge in [0.2, 0.25) is 0 Å². The van der Waals surface area contributed by atoms with Gasteiger partial charge >= 0.3 is 0 Å². The molecule has 0 radical (unpaired) electrons. The highest BCUT2D eigenvalue weighted by molar-refractivity contribution is 6.06. The molecule has 1 heterocycles. The first-order valence-electron chi connectivity index (χ1n) is 25.8. The van der Waals surface area contributed by atoms with Crippen LogP contribution in [0.2, 0.25) is 0 Å². The molecule has 2 atom stereocenters. The highest BCUT2D eigenvalue weighted by atomic mass is 16.3. The predicted octanol–water partition coefficient (Wildman–Crippen LogP) is 16.5. The summed E-state index contributed by atoms with van der Waals surface area (Å²) < 4.78 is 64.9. The van der Waals surface area contributed by atoms with Gasteiger partial charge in [0.1, 0.15) is 11.2 Å². The Kier molecular flexibility index (Phi) is 7.52. The third kappa shape index (κ3) is 6.01. The third-order valence-electron chi connectivity index (χ3n) is 14.0. The summed E-state index contributed by atoms with van der Waals surface area (Å²) in [4.78, 5) is 1.86. The molecular weight excluding hydrogens is 787 g/mol. The van der Waals surface area contributed by atoms with Crippen LogP contribution in [-0.2, 0) is 18.3 Å². The maximum absolute atomic E-state index is 9.97. The van der Waals surface area contributed by atoms with Crippen molar-refractivity contribution in [2.75, 3.05) is 4.90 Å². The molecule has 310 valence electrons. The van der Waals surface area contributed by atoms with Gasteiger partial charge in [-0.2, -0.15) is 0 Å². The summed E-state index contributed by atoms with van der Waals surface area (Å²) in [5.41, 5.74) is 15.3. The summed E-state index contributed by atoms with van der Waals surface area (Å²) in [6.45, 7) is 0. The lowest BCUT2D eigenvalue weighted by Gasteiger charge is -2.35. The van der Waals surface area contributed by atoms with E-state index in [2.05, 4.69) is 115 Å². The Balaban J connectivity index is 1.000. The molecule has 0 N–H and O–H groups in total. The fourth-order valence-electron chi connectivity index (χ4n) is 11.1. The second-order valence-corrected chi connectivity index (χ2v) is 17.5. The van der Waals surface area contributed by atoms with Gasteiger partial charge in [-0.3, -0.25) is 0 Å². The zero-order valence-corrected chi connectivity index (χ0v) is 35.7. The Labute approximate surface area is 389 Å². The molecule has 0 amide bonds. The van der Waals surface area contributed by atoms with Gasteiger partial charge in [-0.1, -0.05) is 164 Å². The molecule has 4 aliphatic carbocycles. The van der Waals surface area contributed by atoms with Gasteiger partial charge in [0.25, 0.3) is 0 Å². The van der Waals surface area contributed by atoms with Crippen molar-refractivity contribution in [1.82, 2.24) is 0 Å². The Hall–Kier alpha value is -7.68. The second-order valence-electron chi connectivity index (χ2n) is 17.5. The van der Waals surface area contributed by atoms with Crippen LogP contribution in [0.15, 0.2) is 211 Å². The lowest BCUT2D eigenvalue weighted by atomic mass is 9.67. The number of benzene rings is 8. The lowest BCUT2D eigenvalue weighted by Crippen LogP contribution is -2.28. The van der Waals surface area contributed by atoms with Crippen molar-refractivity contribution in [2.45, 2.75) is 43.4 Å². The van der Waals surface area contributed by atoms with Crippen molar-refractivity contribution in [3.05, 3.63) is 262 Å². The first kappa shape index (κ1) is 32.0. The number of para-hydroxylation sites is 1. The molecule has 13 rings (SSSR count). The Morgan fingerprint density at radius 3 is 2.08 bits per heavy atom. The molecule has 0 spiro atoms. The lowest BCUT2D eigenvalue weighted by molar-refractivity contribution is 0.669. The summed E-state index contributed by atoms with van der Waals surface area (Å²) >= 11 is 0. The maximum atomic E-state index is 9.97. The minimum absolute atomic E-state index is 0.0839. The number of fused-ring (bicyclic) bond motifs is 9. The number of anilines is 3. The minimum Gasteiger partial charge on any atom is -0.456 e. The van der Waals surface area contributed by atoms with Gasteiger partial charge in [0.15, 0.2) is 0 Å². The van der Waals surface area contributed by atoms with Crippen molar-refractivity contribution < 1.29 is 12.6 Å². The number of hydrogen-bond donors (Lipinski definition) is 0. The van der Waals surface area contributed by atoms with Crippen LogP contribution >= 0.6 is 0 Å². The highest BCUT2D eigenvalue weighted by Gasteiger charge is 2.46. The smallest absolute Gasteiger partial charge is 0.135 e. The van der Waals surface area contributed by atoms with E-state index in [4.69, 9.17) is 4.42 Å². The van der Waals surface area contributed by atoms with Crippen LogP contribution in [0.25, 0.3) is 50.8 Å². The van der Waals surface area contributed by atoms with E-state index >= 15 is 0 Å². The summed E-state index contributed by atoms with van der Waals surface area (Å²) in [6, 6.07) is 51.1. The molecule has 4 aliphatic rings. The van der Waals surface area contributed by atoms with E-state index in [0.29, 0.717) is 22.5 Å². The minimum atomic E-state index is -0.970. The van der Waals surface area contributed by atoms with Crippen molar-refractivity contribution in [2.24, 2.45) is 0 Å². The topological polar surface area (TPSA) is 16.4 Å². The number of nitrogens with zero attached hydrogens (tertiary/aromatic N) is 1. The highest BCUT2D eigenvalue weighted by Crippen LogP contribution is 2.57. The van der Waals surface area contributed by atoms with Gasteiger partial charge in [-0.25, -0.2) is 0 Å². The van der Waals surface area contributed by atoms with E-state index in [-0.39, 0.29) is 41.5 Å². The molecule has 2 heteroatoms. The number of rotatable bonds is 7. The predicted molar refractivity (Wildman–Crippen MR) is 271 cm³/mol. The Morgan fingerprint density at radius 2 is 1.25 bits per heavy atom. The van der Waals surface area contributed by atoms with Crippen molar-refractivity contribution in [3.63, 3.8) is 0 Å². The Bertz CT molecular complexity index is 3740. The summed E-state index contributed by atoms with van der Waals surface area (Å²) in [6.07, 6.45) is 15.1. The molecule has 0 fully saturated rings. The first-order valence-corrected chi connectivity index (χ1v) is 22.7. The molecule has 0 saturated carbocycles. The van der Waals surface area contributed by atoms with E-state index in [1.807, 2.05) is 65.6 Å². The molecular formula is C63H47NO. The van der Waals surface area contributed by atoms with Gasteiger partial charge in [-0.05, 0) is 159 Å². The van der Waals surface area contributed by atoms with E-state index in [0.717, 1.165) is 92.1 Å². The monoisotopic (exact) mass is 839 g/mol. The largest absolute Gasteiger partial charge is 0.456 e. The van der Waals surface area contributed by atoms with Gasteiger partial charge < -0.3 is 9.32 Å². The average molecular weight is 840 g/mol. The number of allylic oxidation sites excluding steroid dienone is 6. The van der Waals surface area contributed by atoms with E-state index in [9.17, 15) is 8.22 Å². The standard InChI is InChI=1S/C63H47NO/c1-3-16-46(17-4-1)63(47-18-5-2-6-19-47)59-25-13-11-23-54(59)55-37-35-50(41-60(55)63)64(49-36-38-62-58(40-49)56-24-12-14-26-61(56)65-62)48-33-31-43(32-34-48)42-27-29-44(30-28-42)57-39-45-15-7-8-20-51(45)52-21-9-10-22-53(52)57/h1-7,10-19,22-27,29-42H,8-9,20-21,28H2/i28D,29D,31D,32D,33D,34D. The normalized spacial score (nSPS) is 19.1. The molecule has 0 aliphatic heterocycles. The van der Waals surface area contributed by atoms with Crippen LogP contribution < -0.4 is 4.90 Å².